The molecule has 0 aliphatic carbocycles. The van der Waals surface area contributed by atoms with Crippen molar-refractivity contribution < 1.29 is 29.0 Å². The number of para-hydroxylation sites is 1. The summed E-state index contributed by atoms with van der Waals surface area (Å²) in [5, 5.41) is 11.6. The summed E-state index contributed by atoms with van der Waals surface area (Å²) in [5.74, 6) is -1.81. The molecule has 1 unspecified atom stereocenters. The van der Waals surface area contributed by atoms with E-state index in [-0.39, 0.29) is 23.8 Å². The van der Waals surface area contributed by atoms with Gasteiger partial charge in [0.15, 0.2) is 5.54 Å². The number of fused-ring (bicyclic) bond motifs is 2. The Morgan fingerprint density at radius 1 is 1.00 bits per heavy atom. The highest BCUT2D eigenvalue weighted by Crippen LogP contribution is 2.53. The zero-order chi connectivity index (χ0) is 26.9. The largest absolute Gasteiger partial charge is 0.507 e. The molecule has 0 radical (unpaired) electrons. The topological polar surface area (TPSA) is 99.6 Å². The average molecular weight is 520 g/mol. The van der Waals surface area contributed by atoms with Crippen LogP contribution in [0.4, 0.5) is 5.69 Å². The van der Waals surface area contributed by atoms with Gasteiger partial charge in [-0.05, 0) is 43.2 Å². The summed E-state index contributed by atoms with van der Waals surface area (Å²) in [6.45, 7) is 6.21. The lowest BCUT2D eigenvalue weighted by Crippen LogP contribution is -2.52. The van der Waals surface area contributed by atoms with Gasteiger partial charge in [0.25, 0.3) is 17.6 Å². The maximum absolute atomic E-state index is 14.4. The number of rotatable bonds is 8. The van der Waals surface area contributed by atoms with Crippen LogP contribution in [0.3, 0.4) is 0 Å². The number of carbonyl (C=O) groups is 3. The van der Waals surface area contributed by atoms with Crippen molar-refractivity contribution in [1.29, 1.82) is 0 Å². The smallest absolute Gasteiger partial charge is 0.296 e. The van der Waals surface area contributed by atoms with Gasteiger partial charge >= 0.3 is 0 Å². The van der Waals surface area contributed by atoms with Crippen molar-refractivity contribution in [2.45, 2.75) is 25.3 Å². The van der Waals surface area contributed by atoms with E-state index in [4.69, 9.17) is 9.47 Å². The minimum atomic E-state index is -1.73. The first-order valence-electron chi connectivity index (χ1n) is 13.1. The molecule has 3 heterocycles. The highest BCUT2D eigenvalue weighted by molar-refractivity contribution is 6.50. The third kappa shape index (κ3) is 4.06. The van der Waals surface area contributed by atoms with Gasteiger partial charge in [-0.15, -0.1) is 0 Å². The van der Waals surface area contributed by atoms with Gasteiger partial charge in [-0.25, -0.2) is 0 Å². The van der Waals surface area contributed by atoms with Crippen molar-refractivity contribution in [3.8, 4) is 5.75 Å². The second-order valence-corrected chi connectivity index (χ2v) is 9.73. The van der Waals surface area contributed by atoms with Crippen LogP contribution in [0.25, 0.3) is 5.76 Å². The number of amides is 2. The third-order valence-electron chi connectivity index (χ3n) is 7.58. The van der Waals surface area contributed by atoms with Crippen molar-refractivity contribution in [3.05, 3.63) is 65.2 Å². The molecule has 2 aromatic carbocycles. The molecule has 38 heavy (non-hydrogen) atoms. The summed E-state index contributed by atoms with van der Waals surface area (Å²) in [7, 11) is 1.53. The number of nitrogens with zero attached hydrogens (tertiary/aromatic N) is 3. The molecule has 9 heteroatoms. The van der Waals surface area contributed by atoms with Crippen molar-refractivity contribution in [1.82, 2.24) is 9.80 Å². The van der Waals surface area contributed by atoms with Crippen molar-refractivity contribution in [2.24, 2.45) is 0 Å². The van der Waals surface area contributed by atoms with Gasteiger partial charge in [-0.2, -0.15) is 0 Å². The van der Waals surface area contributed by atoms with Gasteiger partial charge in [0, 0.05) is 43.9 Å². The molecule has 5 rings (SSSR count). The summed E-state index contributed by atoms with van der Waals surface area (Å²) in [6, 6.07) is 13.8. The number of hydrogen-bond acceptors (Lipinski definition) is 7. The molecule has 1 spiro atoms. The molecular formula is C29H33N3O6. The van der Waals surface area contributed by atoms with E-state index in [1.807, 2.05) is 19.1 Å². The third-order valence-corrected chi connectivity index (χ3v) is 7.58. The van der Waals surface area contributed by atoms with E-state index in [0.29, 0.717) is 61.7 Å². The number of ether oxygens (including phenoxy) is 2. The Labute approximate surface area is 222 Å². The van der Waals surface area contributed by atoms with Crippen LogP contribution >= 0.6 is 0 Å². The fourth-order valence-electron chi connectivity index (χ4n) is 5.78. The summed E-state index contributed by atoms with van der Waals surface area (Å²) in [6.07, 6.45) is 1.26. The lowest BCUT2D eigenvalue weighted by atomic mass is 9.82. The summed E-state index contributed by atoms with van der Waals surface area (Å²) in [4.78, 5) is 46.9. The fraction of sp³-hybridized carbons (Fsp3) is 0.414. The number of likely N-dealkylation sites (tertiary alicyclic amines) is 1. The first kappa shape index (κ1) is 25.9. The number of aliphatic hydroxyl groups excluding tert-OH is 1. The molecule has 200 valence electrons. The molecule has 3 aliphatic heterocycles. The standard InChI is InChI=1S/C29H33N3O6/c1-3-13-31-23-8-5-4-7-22(23)29(28(31)36)24(25(33)20-9-11-21(37-2)12-10-20)26(34)27(35)32(29)15-6-14-30-16-18-38-19-17-30/h4-5,7-12,33H,3,6,13-19H2,1-2H3/b25-24-. The molecule has 0 bridgehead atoms. The first-order valence-corrected chi connectivity index (χ1v) is 13.1. The van der Waals surface area contributed by atoms with E-state index in [1.165, 1.54) is 12.0 Å². The maximum Gasteiger partial charge on any atom is 0.296 e. The second-order valence-electron chi connectivity index (χ2n) is 9.73. The summed E-state index contributed by atoms with van der Waals surface area (Å²) in [5.41, 5.74) is -0.389. The number of methoxy groups -OCH3 is 1. The Balaban J connectivity index is 1.64. The molecule has 2 amide bonds. The molecule has 2 fully saturated rings. The number of morpholine rings is 1. The Kier molecular flexibility index (Phi) is 7.23. The van der Waals surface area contributed by atoms with Gasteiger partial charge in [0.2, 0.25) is 0 Å². The van der Waals surface area contributed by atoms with Gasteiger partial charge in [-0.3, -0.25) is 19.3 Å². The van der Waals surface area contributed by atoms with Crippen LogP contribution in [0.5, 0.6) is 5.75 Å². The first-order chi connectivity index (χ1) is 18.4. The number of anilines is 1. The number of benzene rings is 2. The van der Waals surface area contributed by atoms with E-state index in [2.05, 4.69) is 4.90 Å². The van der Waals surface area contributed by atoms with Crippen LogP contribution in [0.1, 0.15) is 30.9 Å². The van der Waals surface area contributed by atoms with Gasteiger partial charge < -0.3 is 24.4 Å². The van der Waals surface area contributed by atoms with E-state index in [0.717, 1.165) is 13.1 Å². The van der Waals surface area contributed by atoms with Crippen LogP contribution in [0.2, 0.25) is 0 Å². The van der Waals surface area contributed by atoms with Crippen LogP contribution in [0, 0.1) is 0 Å². The van der Waals surface area contributed by atoms with Gasteiger partial charge in [-0.1, -0.05) is 25.1 Å². The zero-order valence-electron chi connectivity index (χ0n) is 21.8. The number of aliphatic hydroxyl groups is 1. The van der Waals surface area contributed by atoms with Crippen molar-refractivity contribution in [2.75, 3.05) is 57.9 Å². The Bertz CT molecular complexity index is 1270. The van der Waals surface area contributed by atoms with Crippen molar-refractivity contribution >= 4 is 29.0 Å². The minimum Gasteiger partial charge on any atom is -0.507 e. The zero-order valence-corrected chi connectivity index (χ0v) is 21.8. The lowest BCUT2D eigenvalue weighted by molar-refractivity contribution is -0.143. The van der Waals surface area contributed by atoms with Gasteiger partial charge in [0.05, 0.1) is 31.6 Å². The number of Topliss-reactive ketones (excluding diaryl/α,β-unsaturated/α-hetero) is 1. The average Bonchev–Trinajstić information content (AvgIpc) is 3.32. The molecule has 3 aliphatic rings. The van der Waals surface area contributed by atoms with Crippen LogP contribution in [0.15, 0.2) is 54.1 Å². The minimum absolute atomic E-state index is 0.185. The van der Waals surface area contributed by atoms with E-state index < -0.39 is 17.2 Å². The fourth-order valence-corrected chi connectivity index (χ4v) is 5.78. The highest BCUT2D eigenvalue weighted by atomic mass is 16.5. The van der Waals surface area contributed by atoms with E-state index in [9.17, 15) is 19.5 Å². The molecule has 2 aromatic rings. The van der Waals surface area contributed by atoms with Crippen molar-refractivity contribution in [3.63, 3.8) is 0 Å². The number of carbonyl (C=O) groups excluding carboxylic acids is 3. The normalized spacial score (nSPS) is 22.9. The molecule has 2 saturated heterocycles. The lowest BCUT2D eigenvalue weighted by Gasteiger charge is -2.35. The monoisotopic (exact) mass is 519 g/mol. The molecule has 0 aromatic heterocycles. The molecular weight excluding hydrogens is 486 g/mol. The molecule has 1 N–H and O–H groups in total. The van der Waals surface area contributed by atoms with Gasteiger partial charge in [0.1, 0.15) is 11.5 Å². The highest BCUT2D eigenvalue weighted by Gasteiger charge is 2.66. The van der Waals surface area contributed by atoms with E-state index >= 15 is 0 Å². The molecule has 0 saturated carbocycles. The Morgan fingerprint density at radius 3 is 2.39 bits per heavy atom. The summed E-state index contributed by atoms with van der Waals surface area (Å²) < 4.78 is 10.7. The predicted molar refractivity (Wildman–Crippen MR) is 142 cm³/mol. The molecule has 1 atom stereocenters. The Hall–Kier alpha value is -3.69. The number of ketones is 1. The quantitative estimate of drug-likeness (QED) is 0.325. The van der Waals surface area contributed by atoms with Crippen LogP contribution in [-0.4, -0.2) is 85.6 Å². The van der Waals surface area contributed by atoms with Crippen LogP contribution in [-0.2, 0) is 24.7 Å². The summed E-state index contributed by atoms with van der Waals surface area (Å²) >= 11 is 0. The van der Waals surface area contributed by atoms with Crippen LogP contribution < -0.4 is 9.64 Å². The Morgan fingerprint density at radius 2 is 1.71 bits per heavy atom. The second kappa shape index (κ2) is 10.6. The SMILES string of the molecule is CCCN1C(=O)C2(/C(=C(\O)c3ccc(OC)cc3)C(=O)C(=O)N2CCCN2CCOCC2)c2ccccc21. The maximum atomic E-state index is 14.4. The predicted octanol–water partition coefficient (Wildman–Crippen LogP) is 2.75. The van der Waals surface area contributed by atoms with E-state index in [1.54, 1.807) is 41.3 Å². The number of hydrogen-bond donors (Lipinski definition) is 1. The molecule has 9 nitrogen and oxygen atoms in total.